The summed E-state index contributed by atoms with van der Waals surface area (Å²) in [5.41, 5.74) is 0. The van der Waals surface area contributed by atoms with Gasteiger partial charge in [0.15, 0.2) is 0 Å². The zero-order valence-corrected chi connectivity index (χ0v) is 14.8. The van der Waals surface area contributed by atoms with Crippen LogP contribution in [-0.4, -0.2) is 49.1 Å². The van der Waals surface area contributed by atoms with Crippen LogP contribution >= 0.6 is 0 Å². The topological polar surface area (TPSA) is 6.48 Å². The summed E-state index contributed by atoms with van der Waals surface area (Å²) in [5.74, 6) is 0.877. The van der Waals surface area contributed by atoms with E-state index in [0.717, 1.165) is 5.92 Å². The molecule has 1 saturated heterocycles. The molecule has 1 fully saturated rings. The second-order valence-corrected chi connectivity index (χ2v) is 5.17. The van der Waals surface area contributed by atoms with E-state index in [4.69, 9.17) is 0 Å². The first-order chi connectivity index (χ1) is 9.22. The van der Waals surface area contributed by atoms with Crippen molar-refractivity contribution < 1.29 is 0 Å². The van der Waals surface area contributed by atoms with Gasteiger partial charge in [-0.05, 0) is 25.4 Å². The summed E-state index contributed by atoms with van der Waals surface area (Å²) in [6.07, 6.45) is 4.20. The Kier molecular flexibility index (Phi) is 17.8. The van der Waals surface area contributed by atoms with E-state index in [1.165, 1.54) is 58.5 Å². The van der Waals surface area contributed by atoms with Crippen LogP contribution in [-0.2, 0) is 0 Å². The third-order valence-corrected chi connectivity index (χ3v) is 3.42. The van der Waals surface area contributed by atoms with E-state index in [0.29, 0.717) is 0 Å². The molecule has 0 saturated carbocycles. The Morgan fingerprint density at radius 2 is 1.26 bits per heavy atom. The molecular formula is C17H40N2. The smallest absolute Gasteiger partial charge is 0.0110 e. The van der Waals surface area contributed by atoms with Crippen molar-refractivity contribution in [2.24, 2.45) is 5.92 Å². The van der Waals surface area contributed by atoms with Crippen molar-refractivity contribution in [1.29, 1.82) is 0 Å². The summed E-state index contributed by atoms with van der Waals surface area (Å²) in [7, 11) is 0. The van der Waals surface area contributed by atoms with E-state index in [-0.39, 0.29) is 0 Å². The zero-order valence-electron chi connectivity index (χ0n) is 14.8. The Labute approximate surface area is 123 Å². The Bertz CT molecular complexity index is 149. The second-order valence-electron chi connectivity index (χ2n) is 5.17. The fourth-order valence-electron chi connectivity index (χ4n) is 2.22. The van der Waals surface area contributed by atoms with Crippen LogP contribution in [0.5, 0.6) is 0 Å². The lowest BCUT2D eigenvalue weighted by atomic mass is 10.1. The summed E-state index contributed by atoms with van der Waals surface area (Å²) in [5, 5.41) is 0. The van der Waals surface area contributed by atoms with Crippen molar-refractivity contribution in [1.82, 2.24) is 9.80 Å². The second kappa shape index (κ2) is 16.0. The fraction of sp³-hybridized carbons (Fsp3) is 1.00. The van der Waals surface area contributed by atoms with Gasteiger partial charge in [0.2, 0.25) is 0 Å². The molecule has 19 heavy (non-hydrogen) atoms. The molecule has 118 valence electrons. The lowest BCUT2D eigenvalue weighted by molar-refractivity contribution is 0.135. The molecular weight excluding hydrogens is 232 g/mol. The van der Waals surface area contributed by atoms with Crippen LogP contribution in [0.1, 0.15) is 67.7 Å². The maximum Gasteiger partial charge on any atom is 0.0110 e. The molecule has 0 unspecified atom stereocenters. The highest BCUT2D eigenvalue weighted by atomic mass is 15.3. The van der Waals surface area contributed by atoms with Crippen molar-refractivity contribution in [3.63, 3.8) is 0 Å². The highest BCUT2D eigenvalue weighted by molar-refractivity contribution is 4.70. The van der Waals surface area contributed by atoms with Gasteiger partial charge in [-0.1, -0.05) is 61.3 Å². The molecule has 0 spiro atoms. The maximum atomic E-state index is 2.63. The van der Waals surface area contributed by atoms with Gasteiger partial charge in [-0.15, -0.1) is 0 Å². The Hall–Kier alpha value is -0.0800. The van der Waals surface area contributed by atoms with Crippen LogP contribution in [0, 0.1) is 5.92 Å². The van der Waals surface area contributed by atoms with Crippen LogP contribution in [0.25, 0.3) is 0 Å². The predicted octanol–water partition coefficient (Wildman–Crippen LogP) is 4.50. The monoisotopic (exact) mass is 272 g/mol. The molecule has 0 amide bonds. The van der Waals surface area contributed by atoms with Gasteiger partial charge in [0.1, 0.15) is 0 Å². The van der Waals surface area contributed by atoms with Crippen molar-refractivity contribution in [3.8, 4) is 0 Å². The average Bonchev–Trinajstić information content (AvgIpc) is 2.48. The largest absolute Gasteiger partial charge is 0.301 e. The first kappa shape index (κ1) is 21.2. The number of nitrogens with zero attached hydrogens (tertiary/aromatic N) is 2. The molecule has 0 bridgehead atoms. The standard InChI is InChI=1S/C13H28N2.2C2H6/c1-4-14-9-11-15(12-10-14)8-6-5-7-13(2)3;2*1-2/h13H,4-12H2,1-3H3;2*1-2H3. The van der Waals surface area contributed by atoms with Crippen molar-refractivity contribution in [2.45, 2.75) is 67.7 Å². The summed E-state index contributed by atoms with van der Waals surface area (Å²) < 4.78 is 0. The molecule has 0 atom stereocenters. The third-order valence-electron chi connectivity index (χ3n) is 3.42. The normalized spacial score (nSPS) is 16.4. The quantitative estimate of drug-likeness (QED) is 0.657. The molecule has 0 radical (unpaired) electrons. The highest BCUT2D eigenvalue weighted by Crippen LogP contribution is 2.08. The van der Waals surface area contributed by atoms with E-state index in [1.807, 2.05) is 27.7 Å². The van der Waals surface area contributed by atoms with Gasteiger partial charge in [-0.3, -0.25) is 0 Å². The molecule has 1 heterocycles. The van der Waals surface area contributed by atoms with E-state index in [9.17, 15) is 0 Å². The molecule has 0 aliphatic carbocycles. The minimum Gasteiger partial charge on any atom is -0.301 e. The molecule has 1 aliphatic heterocycles. The van der Waals surface area contributed by atoms with Crippen LogP contribution in [0.15, 0.2) is 0 Å². The van der Waals surface area contributed by atoms with Crippen molar-refractivity contribution >= 4 is 0 Å². The summed E-state index contributed by atoms with van der Waals surface area (Å²) in [6.45, 7) is 22.6. The predicted molar refractivity (Wildman–Crippen MR) is 89.9 cm³/mol. The first-order valence-corrected chi connectivity index (χ1v) is 8.67. The average molecular weight is 273 g/mol. The molecule has 0 N–H and O–H groups in total. The summed E-state index contributed by atoms with van der Waals surface area (Å²) >= 11 is 0. The van der Waals surface area contributed by atoms with Gasteiger partial charge in [0.25, 0.3) is 0 Å². The third kappa shape index (κ3) is 12.7. The molecule has 0 aromatic carbocycles. The highest BCUT2D eigenvalue weighted by Gasteiger charge is 2.14. The van der Waals surface area contributed by atoms with E-state index >= 15 is 0 Å². The van der Waals surface area contributed by atoms with Crippen molar-refractivity contribution in [2.75, 3.05) is 39.3 Å². The first-order valence-electron chi connectivity index (χ1n) is 8.67. The van der Waals surface area contributed by atoms with Gasteiger partial charge in [-0.2, -0.15) is 0 Å². The Morgan fingerprint density at radius 3 is 1.68 bits per heavy atom. The number of hydrogen-bond donors (Lipinski definition) is 0. The summed E-state index contributed by atoms with van der Waals surface area (Å²) in [4.78, 5) is 5.18. The lowest BCUT2D eigenvalue weighted by Crippen LogP contribution is -2.46. The lowest BCUT2D eigenvalue weighted by Gasteiger charge is -2.34. The van der Waals surface area contributed by atoms with Crippen LogP contribution in [0.4, 0.5) is 0 Å². The Balaban J connectivity index is 0. The van der Waals surface area contributed by atoms with Gasteiger partial charge in [0, 0.05) is 26.2 Å². The van der Waals surface area contributed by atoms with Gasteiger partial charge in [0.05, 0.1) is 0 Å². The summed E-state index contributed by atoms with van der Waals surface area (Å²) in [6, 6.07) is 0. The zero-order chi connectivity index (χ0) is 15.1. The fourth-order valence-corrected chi connectivity index (χ4v) is 2.22. The van der Waals surface area contributed by atoms with E-state index < -0.39 is 0 Å². The molecule has 1 aliphatic rings. The van der Waals surface area contributed by atoms with Gasteiger partial charge >= 0.3 is 0 Å². The number of likely N-dealkylation sites (N-methyl/N-ethyl adjacent to an activating group) is 1. The SMILES string of the molecule is CC.CC.CCN1CCN(CCCCC(C)C)CC1. The van der Waals surface area contributed by atoms with E-state index in [1.54, 1.807) is 0 Å². The molecule has 1 rings (SSSR count). The van der Waals surface area contributed by atoms with Crippen LogP contribution in [0.3, 0.4) is 0 Å². The minimum atomic E-state index is 0.877. The number of unbranched alkanes of at least 4 members (excludes halogenated alkanes) is 1. The molecule has 2 heteroatoms. The number of rotatable bonds is 6. The van der Waals surface area contributed by atoms with Crippen molar-refractivity contribution in [3.05, 3.63) is 0 Å². The maximum absolute atomic E-state index is 2.63. The van der Waals surface area contributed by atoms with Gasteiger partial charge < -0.3 is 9.80 Å². The number of hydrogen-bond acceptors (Lipinski definition) is 2. The molecule has 2 nitrogen and oxygen atoms in total. The van der Waals surface area contributed by atoms with E-state index in [2.05, 4.69) is 30.6 Å². The molecule has 0 aromatic heterocycles. The van der Waals surface area contributed by atoms with Crippen LogP contribution in [0.2, 0.25) is 0 Å². The van der Waals surface area contributed by atoms with Crippen LogP contribution < -0.4 is 0 Å². The molecule has 0 aromatic rings. The van der Waals surface area contributed by atoms with Gasteiger partial charge in [-0.25, -0.2) is 0 Å². The number of piperazine rings is 1. The minimum absolute atomic E-state index is 0.877. The Morgan fingerprint density at radius 1 is 0.789 bits per heavy atom.